The van der Waals surface area contributed by atoms with Crippen LogP contribution >= 0.6 is 10.7 Å². The first-order valence-corrected chi connectivity index (χ1v) is 9.83. The van der Waals surface area contributed by atoms with E-state index < -0.39 is 20.2 Å². The van der Waals surface area contributed by atoms with Gasteiger partial charge in [-0.3, -0.25) is 4.18 Å². The van der Waals surface area contributed by atoms with E-state index in [4.69, 9.17) is 19.6 Å². The summed E-state index contributed by atoms with van der Waals surface area (Å²) in [5.41, 5.74) is 1.16. The Balaban J connectivity index is 2.82. The van der Waals surface area contributed by atoms with Crippen LogP contribution in [0.4, 0.5) is 0 Å². The molecule has 5 nitrogen and oxygen atoms in total. The minimum atomic E-state index is -4.04. The quantitative estimate of drug-likeness (QED) is 0.531. The summed E-state index contributed by atoms with van der Waals surface area (Å²) >= 11 is 0. The van der Waals surface area contributed by atoms with Crippen molar-refractivity contribution >= 4 is 26.0 Å². The average Bonchev–Trinajstić information content (AvgIpc) is 2.42. The van der Waals surface area contributed by atoms with Crippen LogP contribution in [0.1, 0.15) is 49.2 Å². The van der Waals surface area contributed by atoms with E-state index >= 15 is 0 Å². The molecule has 136 valence electrons. The van der Waals surface area contributed by atoms with E-state index in [0.29, 0.717) is 5.56 Å². The van der Waals surface area contributed by atoms with Gasteiger partial charge in [-0.15, -0.1) is 0 Å². The fourth-order valence-electron chi connectivity index (χ4n) is 2.06. The number of aryl methyl sites for hydroxylation is 2. The Morgan fingerprint density at radius 1 is 1.04 bits per heavy atom. The molecule has 0 atom stereocenters. The van der Waals surface area contributed by atoms with Gasteiger partial charge in [0, 0.05) is 16.1 Å². The van der Waals surface area contributed by atoms with Crippen LogP contribution in [-0.4, -0.2) is 27.6 Å². The number of carbonyl (C=O) groups is 1. The van der Waals surface area contributed by atoms with Crippen molar-refractivity contribution in [2.24, 2.45) is 10.8 Å². The lowest BCUT2D eigenvalue weighted by molar-refractivity contribution is -0.0171. The van der Waals surface area contributed by atoms with Gasteiger partial charge in [-0.05, 0) is 30.4 Å². The number of esters is 1. The first-order valence-electron chi connectivity index (χ1n) is 7.59. The number of rotatable bonds is 7. The maximum absolute atomic E-state index is 12.4. The van der Waals surface area contributed by atoms with Crippen molar-refractivity contribution in [1.29, 1.82) is 0 Å². The van der Waals surface area contributed by atoms with Crippen LogP contribution in [0, 0.1) is 24.7 Å². The second-order valence-corrected chi connectivity index (χ2v) is 9.42. The molecule has 0 aromatic heterocycles. The van der Waals surface area contributed by atoms with E-state index in [0.717, 1.165) is 11.1 Å². The number of ether oxygens (including phenoxy) is 1. The zero-order valence-electron chi connectivity index (χ0n) is 15.0. The normalized spacial score (nSPS) is 13.0. The van der Waals surface area contributed by atoms with Gasteiger partial charge in [0.25, 0.3) is 0 Å². The summed E-state index contributed by atoms with van der Waals surface area (Å²) in [6, 6.07) is 5.61. The molecule has 0 spiro atoms. The highest BCUT2D eigenvalue weighted by Gasteiger charge is 2.39. The van der Waals surface area contributed by atoms with E-state index in [2.05, 4.69) is 0 Å². The molecule has 7 heteroatoms. The van der Waals surface area contributed by atoms with Crippen molar-refractivity contribution in [3.63, 3.8) is 0 Å². The third-order valence-corrected chi connectivity index (χ3v) is 5.31. The molecule has 24 heavy (non-hydrogen) atoms. The SMILES string of the molecule is Cc1cccc(C)c1C(=O)OCC(C)(C)C(C)(C)COS(=O)(=O)Cl. The lowest BCUT2D eigenvalue weighted by Gasteiger charge is -2.40. The Morgan fingerprint density at radius 2 is 1.50 bits per heavy atom. The topological polar surface area (TPSA) is 69.7 Å². The summed E-state index contributed by atoms with van der Waals surface area (Å²) in [5, 5.41) is 0. The molecule has 0 saturated carbocycles. The Hall–Kier alpha value is -1.11. The zero-order chi connectivity index (χ0) is 18.8. The minimum absolute atomic E-state index is 0.104. The number of carbonyl (C=O) groups excluding carboxylic acids is 1. The van der Waals surface area contributed by atoms with Gasteiger partial charge in [0.2, 0.25) is 0 Å². The molecule has 0 aliphatic heterocycles. The Labute approximate surface area is 148 Å². The van der Waals surface area contributed by atoms with Crippen LogP contribution in [0.2, 0.25) is 0 Å². The highest BCUT2D eigenvalue weighted by molar-refractivity contribution is 8.09. The van der Waals surface area contributed by atoms with E-state index in [-0.39, 0.29) is 19.2 Å². The van der Waals surface area contributed by atoms with Crippen LogP contribution in [0.5, 0.6) is 0 Å². The first kappa shape index (κ1) is 20.9. The van der Waals surface area contributed by atoms with Gasteiger partial charge in [0.1, 0.15) is 0 Å². The first-order chi connectivity index (χ1) is 10.8. The number of hydrogen-bond donors (Lipinski definition) is 0. The molecule has 0 bridgehead atoms. The van der Waals surface area contributed by atoms with Gasteiger partial charge in [-0.25, -0.2) is 4.79 Å². The van der Waals surface area contributed by atoms with Crippen molar-refractivity contribution in [2.75, 3.05) is 13.2 Å². The predicted molar refractivity (Wildman–Crippen MR) is 94.5 cm³/mol. The molecule has 0 saturated heterocycles. The minimum Gasteiger partial charge on any atom is -0.461 e. The highest BCUT2D eigenvalue weighted by atomic mass is 35.7. The van der Waals surface area contributed by atoms with Crippen molar-refractivity contribution in [1.82, 2.24) is 0 Å². The lowest BCUT2D eigenvalue weighted by Crippen LogP contribution is -2.41. The van der Waals surface area contributed by atoms with Crippen LogP contribution in [0.3, 0.4) is 0 Å². The zero-order valence-corrected chi connectivity index (χ0v) is 16.5. The third kappa shape index (κ3) is 5.46. The molecule has 0 aliphatic carbocycles. The second kappa shape index (κ2) is 7.42. The third-order valence-electron chi connectivity index (χ3n) is 4.64. The van der Waals surface area contributed by atoms with E-state index in [1.807, 2.05) is 59.7 Å². The van der Waals surface area contributed by atoms with E-state index in [1.165, 1.54) is 0 Å². The molecule has 0 unspecified atom stereocenters. The molecule has 0 fully saturated rings. The van der Waals surface area contributed by atoms with Crippen LogP contribution in [-0.2, 0) is 18.3 Å². The molecular weight excluding hydrogens is 352 g/mol. The van der Waals surface area contributed by atoms with Crippen LogP contribution < -0.4 is 0 Å². The summed E-state index contributed by atoms with van der Waals surface area (Å²) in [7, 11) is 1.06. The van der Waals surface area contributed by atoms with E-state index in [9.17, 15) is 13.2 Å². The molecule has 0 heterocycles. The largest absolute Gasteiger partial charge is 0.461 e. The number of benzene rings is 1. The Kier molecular flexibility index (Phi) is 6.47. The maximum atomic E-state index is 12.4. The van der Waals surface area contributed by atoms with Gasteiger partial charge in [-0.1, -0.05) is 45.9 Å². The van der Waals surface area contributed by atoms with Crippen molar-refractivity contribution in [2.45, 2.75) is 41.5 Å². The van der Waals surface area contributed by atoms with Gasteiger partial charge in [-0.2, -0.15) is 8.42 Å². The number of hydrogen-bond acceptors (Lipinski definition) is 5. The van der Waals surface area contributed by atoms with Crippen molar-refractivity contribution in [3.8, 4) is 0 Å². The van der Waals surface area contributed by atoms with Crippen molar-refractivity contribution in [3.05, 3.63) is 34.9 Å². The summed E-state index contributed by atoms with van der Waals surface area (Å²) in [6.07, 6.45) is 0. The van der Waals surface area contributed by atoms with Gasteiger partial charge in [0.15, 0.2) is 0 Å². The molecule has 0 amide bonds. The predicted octanol–water partition coefficient (Wildman–Crippen LogP) is 4.01. The second-order valence-electron chi connectivity index (χ2n) is 7.27. The summed E-state index contributed by atoms with van der Waals surface area (Å²) in [4.78, 5) is 12.4. The number of halogens is 1. The molecule has 0 aliphatic rings. The summed E-state index contributed by atoms with van der Waals surface area (Å²) in [6.45, 7) is 11.2. The van der Waals surface area contributed by atoms with Gasteiger partial charge in [0.05, 0.1) is 18.8 Å². The molecule has 1 aromatic carbocycles. The summed E-state index contributed by atoms with van der Waals surface area (Å²) in [5.74, 6) is -0.389. The molecular formula is C17H25ClO5S. The fraction of sp³-hybridized carbons (Fsp3) is 0.588. The molecule has 0 N–H and O–H groups in total. The van der Waals surface area contributed by atoms with E-state index in [1.54, 1.807) is 0 Å². The molecule has 0 radical (unpaired) electrons. The molecule has 1 aromatic rings. The lowest BCUT2D eigenvalue weighted by atomic mass is 9.69. The average molecular weight is 377 g/mol. The van der Waals surface area contributed by atoms with Gasteiger partial charge >= 0.3 is 15.3 Å². The fourth-order valence-corrected chi connectivity index (χ4v) is 2.63. The monoisotopic (exact) mass is 376 g/mol. The van der Waals surface area contributed by atoms with Crippen LogP contribution in [0.25, 0.3) is 0 Å². The summed E-state index contributed by atoms with van der Waals surface area (Å²) < 4.78 is 32.2. The highest BCUT2D eigenvalue weighted by Crippen LogP contribution is 2.39. The molecule has 1 rings (SSSR count). The smallest absolute Gasteiger partial charge is 0.355 e. The Bertz CT molecular complexity index is 687. The van der Waals surface area contributed by atoms with Crippen LogP contribution in [0.15, 0.2) is 18.2 Å². The van der Waals surface area contributed by atoms with Gasteiger partial charge < -0.3 is 4.74 Å². The standard InChI is InChI=1S/C17H25ClO5S/c1-12-8-7-9-13(2)14(12)15(19)22-10-16(3,4)17(5,6)11-23-24(18,20)21/h7-9H,10-11H2,1-6H3. The Morgan fingerprint density at radius 3 is 1.96 bits per heavy atom. The maximum Gasteiger partial charge on any atom is 0.355 e. The van der Waals surface area contributed by atoms with Crippen molar-refractivity contribution < 1.29 is 22.1 Å².